The van der Waals surface area contributed by atoms with Crippen molar-refractivity contribution in [2.75, 3.05) is 5.88 Å². The topological polar surface area (TPSA) is 0 Å². The van der Waals surface area contributed by atoms with Crippen LogP contribution < -0.4 is 0 Å². The number of rotatable bonds is 2. The molecule has 0 heterocycles. The Kier molecular flexibility index (Phi) is 5.36. The molecule has 0 bridgehead atoms. The highest BCUT2D eigenvalue weighted by Gasteiger charge is 1.83. The van der Waals surface area contributed by atoms with Gasteiger partial charge in [0.25, 0.3) is 0 Å². The molecule has 0 rings (SSSR count). The van der Waals surface area contributed by atoms with Crippen molar-refractivity contribution in [1.29, 1.82) is 0 Å². The molecular weight excluding hydrogens is 178 g/mol. The third-order valence-electron chi connectivity index (χ3n) is 0.736. The number of allylic oxidation sites excluding steroid dienone is 3. The van der Waals surface area contributed by atoms with Crippen LogP contribution in [0.3, 0.4) is 0 Å². The molecule has 0 nitrogen and oxygen atoms in total. The second-order valence-corrected chi connectivity index (χ2v) is 2.85. The lowest BCUT2D eigenvalue weighted by molar-refractivity contribution is 1.48. The van der Waals surface area contributed by atoms with Gasteiger partial charge in [-0.3, -0.25) is 0 Å². The Morgan fingerprint density at radius 2 is 2.00 bits per heavy atom. The minimum absolute atomic E-state index is 0.258. The molecule has 0 aromatic heterocycles. The van der Waals surface area contributed by atoms with E-state index in [1.807, 2.05) is 13.0 Å². The van der Waals surface area contributed by atoms with Crippen LogP contribution in [0.25, 0.3) is 0 Å². The number of alkyl halides is 1. The molecule has 52 valence electrons. The first-order valence-electron chi connectivity index (χ1n) is 2.42. The third kappa shape index (κ3) is 6.23. The summed E-state index contributed by atoms with van der Waals surface area (Å²) >= 11 is 16.1. The Labute approximate surface area is 70.1 Å². The molecule has 0 spiro atoms. The fourth-order valence-corrected chi connectivity index (χ4v) is 0.940. The number of hydrogen-bond donors (Lipinski definition) is 0. The highest BCUT2D eigenvalue weighted by molar-refractivity contribution is 6.56. The van der Waals surface area contributed by atoms with E-state index in [1.54, 1.807) is 6.08 Å². The summed E-state index contributed by atoms with van der Waals surface area (Å²) in [5.74, 6) is 0.489. The van der Waals surface area contributed by atoms with Crippen molar-refractivity contribution in [3.8, 4) is 0 Å². The van der Waals surface area contributed by atoms with Gasteiger partial charge in [0.05, 0.1) is 0 Å². The van der Waals surface area contributed by atoms with Crippen molar-refractivity contribution >= 4 is 34.8 Å². The van der Waals surface area contributed by atoms with Gasteiger partial charge in [0, 0.05) is 5.88 Å². The van der Waals surface area contributed by atoms with Crippen molar-refractivity contribution in [3.63, 3.8) is 0 Å². The summed E-state index contributed by atoms with van der Waals surface area (Å²) in [6.07, 6.45) is 3.47. The SMILES string of the molecule is CC(C=C(Cl)Cl)=CCCl. The molecule has 3 heteroatoms. The summed E-state index contributed by atoms with van der Waals surface area (Å²) in [6, 6.07) is 0. The first-order valence-corrected chi connectivity index (χ1v) is 3.71. The molecular formula is C6H7Cl3. The average molecular weight is 185 g/mol. The van der Waals surface area contributed by atoms with Crippen LogP contribution in [-0.2, 0) is 0 Å². The van der Waals surface area contributed by atoms with Gasteiger partial charge in [-0.2, -0.15) is 0 Å². The minimum Gasteiger partial charge on any atom is -0.122 e. The zero-order valence-electron chi connectivity index (χ0n) is 5.00. The van der Waals surface area contributed by atoms with E-state index in [9.17, 15) is 0 Å². The van der Waals surface area contributed by atoms with E-state index in [-0.39, 0.29) is 4.49 Å². The van der Waals surface area contributed by atoms with Crippen LogP contribution in [0.4, 0.5) is 0 Å². The summed E-state index contributed by atoms with van der Waals surface area (Å²) in [4.78, 5) is 0. The second-order valence-electron chi connectivity index (χ2n) is 1.54. The van der Waals surface area contributed by atoms with E-state index in [0.29, 0.717) is 5.88 Å². The van der Waals surface area contributed by atoms with Crippen molar-refractivity contribution in [2.24, 2.45) is 0 Å². The van der Waals surface area contributed by atoms with E-state index in [1.165, 1.54) is 0 Å². The van der Waals surface area contributed by atoms with Crippen molar-refractivity contribution < 1.29 is 0 Å². The molecule has 0 atom stereocenters. The van der Waals surface area contributed by atoms with Gasteiger partial charge in [0.2, 0.25) is 0 Å². The zero-order valence-corrected chi connectivity index (χ0v) is 7.26. The Hall–Kier alpha value is 0.350. The molecule has 0 N–H and O–H groups in total. The van der Waals surface area contributed by atoms with E-state index < -0.39 is 0 Å². The monoisotopic (exact) mass is 184 g/mol. The Morgan fingerprint density at radius 3 is 2.33 bits per heavy atom. The summed E-state index contributed by atoms with van der Waals surface area (Å²) in [5.41, 5.74) is 0.977. The van der Waals surface area contributed by atoms with Gasteiger partial charge in [-0.15, -0.1) is 11.6 Å². The molecule has 0 aliphatic rings. The first kappa shape index (κ1) is 9.35. The summed E-state index contributed by atoms with van der Waals surface area (Å²) in [6.45, 7) is 1.88. The van der Waals surface area contributed by atoms with Crippen molar-refractivity contribution in [3.05, 3.63) is 22.2 Å². The van der Waals surface area contributed by atoms with Crippen LogP contribution in [0.5, 0.6) is 0 Å². The fourth-order valence-electron chi connectivity index (χ4n) is 0.353. The molecule has 0 aliphatic heterocycles. The predicted octanol–water partition coefficient (Wildman–Crippen LogP) is 3.49. The molecule has 0 fully saturated rings. The van der Waals surface area contributed by atoms with Gasteiger partial charge < -0.3 is 0 Å². The van der Waals surface area contributed by atoms with Gasteiger partial charge in [-0.1, -0.05) is 34.9 Å². The van der Waals surface area contributed by atoms with Crippen molar-refractivity contribution in [1.82, 2.24) is 0 Å². The predicted molar refractivity (Wildman–Crippen MR) is 44.3 cm³/mol. The van der Waals surface area contributed by atoms with E-state index in [4.69, 9.17) is 34.8 Å². The van der Waals surface area contributed by atoms with Crippen LogP contribution in [-0.4, -0.2) is 5.88 Å². The fraction of sp³-hybridized carbons (Fsp3) is 0.333. The third-order valence-corrected chi connectivity index (χ3v) is 1.11. The van der Waals surface area contributed by atoms with Crippen LogP contribution in [0.15, 0.2) is 22.2 Å². The van der Waals surface area contributed by atoms with Gasteiger partial charge in [-0.05, 0) is 13.0 Å². The van der Waals surface area contributed by atoms with Crippen LogP contribution in [0.1, 0.15) is 6.92 Å². The van der Waals surface area contributed by atoms with E-state index >= 15 is 0 Å². The highest BCUT2D eigenvalue weighted by Crippen LogP contribution is 2.10. The normalized spacial score (nSPS) is 11.3. The average Bonchev–Trinajstić information content (AvgIpc) is 1.63. The Bertz CT molecular complexity index is 131. The second kappa shape index (κ2) is 5.16. The molecule has 0 saturated heterocycles. The molecule has 0 saturated carbocycles. The number of hydrogen-bond acceptors (Lipinski definition) is 0. The molecule has 0 unspecified atom stereocenters. The summed E-state index contributed by atoms with van der Waals surface area (Å²) in [5, 5.41) is 0. The molecule has 9 heavy (non-hydrogen) atoms. The van der Waals surface area contributed by atoms with Crippen LogP contribution in [0.2, 0.25) is 0 Å². The molecule has 0 aromatic carbocycles. The zero-order chi connectivity index (χ0) is 7.28. The lowest BCUT2D eigenvalue weighted by atomic mass is 10.3. The van der Waals surface area contributed by atoms with Gasteiger partial charge in [-0.25, -0.2) is 0 Å². The van der Waals surface area contributed by atoms with Crippen LogP contribution in [0, 0.1) is 0 Å². The maximum atomic E-state index is 5.39. The van der Waals surface area contributed by atoms with E-state index in [0.717, 1.165) is 5.57 Å². The minimum atomic E-state index is 0.258. The van der Waals surface area contributed by atoms with Gasteiger partial charge in [0.15, 0.2) is 0 Å². The van der Waals surface area contributed by atoms with Gasteiger partial charge in [0.1, 0.15) is 4.49 Å². The first-order chi connectivity index (χ1) is 4.16. The van der Waals surface area contributed by atoms with E-state index in [2.05, 4.69) is 0 Å². The lowest BCUT2D eigenvalue weighted by Gasteiger charge is -1.87. The maximum absolute atomic E-state index is 5.39. The van der Waals surface area contributed by atoms with Crippen LogP contribution >= 0.6 is 34.8 Å². The smallest absolute Gasteiger partial charge is 0.107 e. The Morgan fingerprint density at radius 1 is 1.44 bits per heavy atom. The molecule has 0 amide bonds. The van der Waals surface area contributed by atoms with Gasteiger partial charge >= 0.3 is 0 Å². The summed E-state index contributed by atoms with van der Waals surface area (Å²) < 4.78 is 0.258. The maximum Gasteiger partial charge on any atom is 0.107 e. The molecule has 0 aromatic rings. The number of halogens is 3. The highest BCUT2D eigenvalue weighted by atomic mass is 35.5. The Balaban J connectivity index is 3.90. The quantitative estimate of drug-likeness (QED) is 0.456. The summed E-state index contributed by atoms with van der Waals surface area (Å²) in [7, 11) is 0. The molecule has 0 radical (unpaired) electrons. The molecule has 0 aliphatic carbocycles. The largest absolute Gasteiger partial charge is 0.122 e. The van der Waals surface area contributed by atoms with Crippen molar-refractivity contribution in [2.45, 2.75) is 6.92 Å². The standard InChI is InChI=1S/C6H7Cl3/c1-5(2-3-7)4-6(8)9/h2,4H,3H2,1H3. The lowest BCUT2D eigenvalue weighted by Crippen LogP contribution is -1.69.